The number of hydrogen-bond acceptors (Lipinski definition) is 6. The first-order valence-electron chi connectivity index (χ1n) is 4.28. The lowest BCUT2D eigenvalue weighted by atomic mass is 10.4. The summed E-state index contributed by atoms with van der Waals surface area (Å²) in [6, 6.07) is 0. The molecule has 3 aromatic heterocycles. The third-order valence-electron chi connectivity index (χ3n) is 2.14. The Balaban J connectivity index is 2.60. The zero-order valence-corrected chi connectivity index (χ0v) is 10.4. The number of aromatic nitrogens is 3. The molecule has 0 aliphatic carbocycles. The smallest absolute Gasteiger partial charge is 0.276 e. The second kappa shape index (κ2) is 3.44. The van der Waals surface area contributed by atoms with Crippen molar-refractivity contribution in [3.63, 3.8) is 0 Å². The maximum Gasteiger partial charge on any atom is 0.276 e. The van der Waals surface area contributed by atoms with Crippen LogP contribution in [0.3, 0.4) is 0 Å². The highest BCUT2D eigenvalue weighted by Gasteiger charge is 2.15. The molecule has 3 heterocycles. The molecule has 82 valence electrons. The van der Waals surface area contributed by atoms with Gasteiger partial charge in [0.25, 0.3) is 11.1 Å². The molecule has 0 bridgehead atoms. The number of hydrogen-bond donors (Lipinski definition) is 2. The summed E-state index contributed by atoms with van der Waals surface area (Å²) in [6.07, 6.45) is 1.84. The van der Waals surface area contributed by atoms with Crippen molar-refractivity contribution in [3.05, 3.63) is 20.7 Å². The van der Waals surface area contributed by atoms with Crippen LogP contribution in [0.5, 0.6) is 0 Å². The molecule has 0 aromatic carbocycles. The molecule has 0 amide bonds. The standard InChI is InChI=1S/C8H5N3O2S3/c1-14-8-9-5(12)2-3-4(6(13)11-16-3)15-7(2)10-8/h1H3,(H,11,13)(H,9,10,12). The van der Waals surface area contributed by atoms with Crippen molar-refractivity contribution in [1.82, 2.24) is 14.3 Å². The van der Waals surface area contributed by atoms with Gasteiger partial charge >= 0.3 is 0 Å². The van der Waals surface area contributed by atoms with Crippen LogP contribution in [0.2, 0.25) is 0 Å². The number of nitrogens with zero attached hydrogens (tertiary/aromatic N) is 1. The first-order chi connectivity index (χ1) is 7.70. The summed E-state index contributed by atoms with van der Waals surface area (Å²) < 4.78 is 3.90. The van der Waals surface area contributed by atoms with E-state index in [4.69, 9.17) is 0 Å². The average Bonchev–Trinajstić information content (AvgIpc) is 2.79. The molecule has 5 nitrogen and oxygen atoms in total. The Morgan fingerprint density at radius 2 is 2.06 bits per heavy atom. The second-order valence-corrected chi connectivity index (χ2v) is 5.66. The minimum Gasteiger partial charge on any atom is -0.301 e. The van der Waals surface area contributed by atoms with Crippen LogP contribution in [0.4, 0.5) is 0 Å². The van der Waals surface area contributed by atoms with Crippen LogP contribution in [0.15, 0.2) is 14.7 Å². The van der Waals surface area contributed by atoms with E-state index in [2.05, 4.69) is 14.3 Å². The number of aromatic amines is 2. The predicted octanol–water partition coefficient (Wildman–Crippen LogP) is 1.61. The van der Waals surface area contributed by atoms with Crippen molar-refractivity contribution in [2.45, 2.75) is 5.16 Å². The Bertz CT molecular complexity index is 794. The Labute approximate surface area is 101 Å². The van der Waals surface area contributed by atoms with E-state index < -0.39 is 0 Å². The normalized spacial score (nSPS) is 11.6. The van der Waals surface area contributed by atoms with Crippen LogP contribution >= 0.6 is 34.6 Å². The minimum atomic E-state index is -0.184. The zero-order valence-electron chi connectivity index (χ0n) is 7.99. The Morgan fingerprint density at radius 3 is 2.81 bits per heavy atom. The third-order valence-corrected chi connectivity index (χ3v) is 4.83. The molecule has 0 aliphatic rings. The molecular formula is C8H5N3O2S3. The van der Waals surface area contributed by atoms with Gasteiger partial charge in [0.1, 0.15) is 9.53 Å². The molecule has 0 atom stereocenters. The van der Waals surface area contributed by atoms with Crippen LogP contribution in [0.25, 0.3) is 19.6 Å². The summed E-state index contributed by atoms with van der Waals surface area (Å²) in [6.45, 7) is 0. The van der Waals surface area contributed by atoms with Gasteiger partial charge in [0.15, 0.2) is 5.16 Å². The van der Waals surface area contributed by atoms with E-state index in [1.807, 2.05) is 6.26 Å². The van der Waals surface area contributed by atoms with Gasteiger partial charge in [-0.05, 0) is 6.26 Å². The van der Waals surface area contributed by atoms with E-state index in [1.165, 1.54) is 34.6 Å². The van der Waals surface area contributed by atoms with Gasteiger partial charge in [0.05, 0.1) is 10.1 Å². The monoisotopic (exact) mass is 271 g/mol. The average molecular weight is 271 g/mol. The van der Waals surface area contributed by atoms with Crippen LogP contribution < -0.4 is 11.1 Å². The number of rotatable bonds is 1. The molecule has 0 unspecified atom stereocenters. The van der Waals surface area contributed by atoms with Gasteiger partial charge < -0.3 is 4.98 Å². The van der Waals surface area contributed by atoms with E-state index in [0.29, 0.717) is 24.8 Å². The SMILES string of the molecule is CSc1nc2sc3c(=O)[nH]sc3c2c(=O)[nH]1. The third kappa shape index (κ3) is 1.27. The molecule has 0 saturated heterocycles. The first kappa shape index (κ1) is 10.1. The summed E-state index contributed by atoms with van der Waals surface area (Å²) in [5.41, 5.74) is -0.330. The first-order valence-corrected chi connectivity index (χ1v) is 7.14. The zero-order chi connectivity index (χ0) is 11.3. The van der Waals surface area contributed by atoms with Crippen LogP contribution in [-0.2, 0) is 0 Å². The fourth-order valence-corrected chi connectivity index (χ4v) is 4.00. The van der Waals surface area contributed by atoms with E-state index in [-0.39, 0.29) is 11.1 Å². The molecule has 8 heteroatoms. The molecule has 3 aromatic rings. The molecular weight excluding hydrogens is 266 g/mol. The van der Waals surface area contributed by atoms with Crippen molar-refractivity contribution in [2.24, 2.45) is 0 Å². The Hall–Kier alpha value is -1.12. The fourth-order valence-electron chi connectivity index (χ4n) is 1.45. The maximum absolute atomic E-state index is 11.8. The van der Waals surface area contributed by atoms with E-state index in [9.17, 15) is 9.59 Å². The van der Waals surface area contributed by atoms with Crippen LogP contribution in [0, 0.1) is 0 Å². The van der Waals surface area contributed by atoms with Crippen molar-refractivity contribution >= 4 is 54.2 Å². The topological polar surface area (TPSA) is 78.6 Å². The van der Waals surface area contributed by atoms with Crippen LogP contribution in [-0.4, -0.2) is 20.6 Å². The molecule has 3 rings (SSSR count). The van der Waals surface area contributed by atoms with Gasteiger partial charge in [-0.1, -0.05) is 23.3 Å². The summed E-state index contributed by atoms with van der Waals surface area (Å²) in [4.78, 5) is 30.9. The van der Waals surface area contributed by atoms with E-state index >= 15 is 0 Å². The van der Waals surface area contributed by atoms with Crippen molar-refractivity contribution in [1.29, 1.82) is 0 Å². The lowest BCUT2D eigenvalue weighted by molar-refractivity contribution is 0.985. The van der Waals surface area contributed by atoms with E-state index in [0.717, 1.165) is 0 Å². The number of thioether (sulfide) groups is 1. The minimum absolute atomic E-state index is 0.145. The summed E-state index contributed by atoms with van der Waals surface area (Å²) >= 11 is 3.82. The Kier molecular flexibility index (Phi) is 2.16. The summed E-state index contributed by atoms with van der Waals surface area (Å²) in [5, 5.41) is 1.09. The summed E-state index contributed by atoms with van der Waals surface area (Å²) in [5.74, 6) is 0. The Morgan fingerprint density at radius 1 is 1.25 bits per heavy atom. The van der Waals surface area contributed by atoms with Crippen LogP contribution in [0.1, 0.15) is 0 Å². The van der Waals surface area contributed by atoms with Gasteiger partial charge in [0, 0.05) is 0 Å². The largest absolute Gasteiger partial charge is 0.301 e. The highest BCUT2D eigenvalue weighted by molar-refractivity contribution is 7.98. The highest BCUT2D eigenvalue weighted by Crippen LogP contribution is 2.30. The van der Waals surface area contributed by atoms with Gasteiger partial charge in [-0.15, -0.1) is 11.3 Å². The molecule has 0 fully saturated rings. The number of H-pyrrole nitrogens is 2. The van der Waals surface area contributed by atoms with Gasteiger partial charge in [-0.3, -0.25) is 14.0 Å². The molecule has 0 radical (unpaired) electrons. The van der Waals surface area contributed by atoms with Crippen molar-refractivity contribution in [2.75, 3.05) is 6.26 Å². The predicted molar refractivity (Wildman–Crippen MR) is 68.0 cm³/mol. The van der Waals surface area contributed by atoms with Crippen molar-refractivity contribution in [3.8, 4) is 0 Å². The van der Waals surface area contributed by atoms with Gasteiger partial charge in [-0.25, -0.2) is 4.98 Å². The number of thiophene rings is 1. The van der Waals surface area contributed by atoms with Crippen molar-refractivity contribution < 1.29 is 0 Å². The molecule has 0 spiro atoms. The number of fused-ring (bicyclic) bond motifs is 3. The fraction of sp³-hybridized carbons (Fsp3) is 0.125. The molecule has 2 N–H and O–H groups in total. The van der Waals surface area contributed by atoms with Gasteiger partial charge in [0.2, 0.25) is 0 Å². The maximum atomic E-state index is 11.8. The lowest BCUT2D eigenvalue weighted by Crippen LogP contribution is -2.07. The lowest BCUT2D eigenvalue weighted by Gasteiger charge is -1.94. The number of nitrogens with one attached hydrogen (secondary N) is 2. The summed E-state index contributed by atoms with van der Waals surface area (Å²) in [7, 11) is 0. The molecule has 16 heavy (non-hydrogen) atoms. The quantitative estimate of drug-likeness (QED) is 0.520. The highest BCUT2D eigenvalue weighted by atomic mass is 32.2. The molecule has 0 saturated carbocycles. The van der Waals surface area contributed by atoms with Gasteiger partial charge in [-0.2, -0.15) is 0 Å². The van der Waals surface area contributed by atoms with E-state index in [1.54, 1.807) is 0 Å². The second-order valence-electron chi connectivity index (χ2n) is 3.05. The molecule has 0 aliphatic heterocycles.